The molecule has 1 amide bonds. The van der Waals surface area contributed by atoms with Crippen LogP contribution in [-0.2, 0) is 0 Å². The van der Waals surface area contributed by atoms with Crippen LogP contribution in [0.4, 0.5) is 0 Å². The normalized spacial score (nSPS) is 14.8. The summed E-state index contributed by atoms with van der Waals surface area (Å²) in [5.74, 6) is -0.454. The summed E-state index contributed by atoms with van der Waals surface area (Å²) >= 11 is 0. The number of ether oxygens (including phenoxy) is 1. The van der Waals surface area contributed by atoms with E-state index >= 15 is 0 Å². The van der Waals surface area contributed by atoms with Crippen LogP contribution in [0.5, 0.6) is 11.5 Å². The topological polar surface area (TPSA) is 93.5 Å². The van der Waals surface area contributed by atoms with Crippen molar-refractivity contribution in [2.45, 2.75) is 12.8 Å². The van der Waals surface area contributed by atoms with Crippen LogP contribution < -0.4 is 15.5 Å². The zero-order chi connectivity index (χ0) is 15.5. The first-order chi connectivity index (χ1) is 10.6. The molecule has 2 aromatic rings. The molecule has 0 fully saturated rings. The van der Waals surface area contributed by atoms with Gasteiger partial charge < -0.3 is 15.2 Å². The molecular weight excluding hydrogens is 286 g/mol. The monoisotopic (exact) mass is 301 g/mol. The number of carbonyl (C=O) groups is 1. The van der Waals surface area contributed by atoms with Crippen LogP contribution in [0, 0.1) is 0 Å². The Morgan fingerprint density at radius 3 is 3.00 bits per heavy atom. The highest BCUT2D eigenvalue weighted by Crippen LogP contribution is 2.17. The summed E-state index contributed by atoms with van der Waals surface area (Å²) in [6.45, 7) is 0.948. The highest BCUT2D eigenvalue weighted by molar-refractivity contribution is 5.92. The van der Waals surface area contributed by atoms with Crippen LogP contribution in [-0.4, -0.2) is 33.9 Å². The van der Waals surface area contributed by atoms with Crippen molar-refractivity contribution in [3.05, 3.63) is 46.4 Å². The van der Waals surface area contributed by atoms with Gasteiger partial charge in [-0.05, 0) is 25.0 Å². The largest absolute Gasteiger partial charge is 0.503 e. The average molecular weight is 301 g/mol. The number of benzene rings is 1. The molecule has 0 unspecified atom stereocenters. The Labute approximate surface area is 126 Å². The molecule has 0 aliphatic carbocycles. The summed E-state index contributed by atoms with van der Waals surface area (Å²) < 4.78 is 6.92. The Morgan fingerprint density at radius 2 is 2.14 bits per heavy atom. The summed E-state index contributed by atoms with van der Waals surface area (Å²) in [6.07, 6.45) is 2.68. The lowest BCUT2D eigenvalue weighted by atomic mass is 10.3. The lowest BCUT2D eigenvalue weighted by molar-refractivity contribution is 0.0944. The number of aromatic nitrogens is 2. The molecule has 7 heteroatoms. The summed E-state index contributed by atoms with van der Waals surface area (Å²) in [4.78, 5) is 23.9. The highest BCUT2D eigenvalue weighted by Gasteiger charge is 2.17. The molecule has 1 aliphatic heterocycles. The second-order valence-corrected chi connectivity index (χ2v) is 4.95. The van der Waals surface area contributed by atoms with E-state index in [9.17, 15) is 14.7 Å². The minimum absolute atomic E-state index is 0.328. The maximum atomic E-state index is 12.0. The lowest BCUT2D eigenvalue weighted by Crippen LogP contribution is -2.32. The van der Waals surface area contributed by atoms with E-state index in [1.165, 1.54) is 10.9 Å². The van der Waals surface area contributed by atoms with E-state index in [-0.39, 0.29) is 5.69 Å². The van der Waals surface area contributed by atoms with Crippen molar-refractivity contribution in [1.82, 2.24) is 15.1 Å². The molecule has 2 N–H and O–H groups in total. The van der Waals surface area contributed by atoms with Crippen LogP contribution in [0.25, 0.3) is 5.69 Å². The summed E-state index contributed by atoms with van der Waals surface area (Å²) in [6, 6.07) is 7.07. The SMILES string of the molecule is O=C1NCCCCOc2cccc(c2)-n2cc(O)c(=O)c1n2. The first-order valence-corrected chi connectivity index (χ1v) is 6.99. The lowest BCUT2D eigenvalue weighted by Gasteiger charge is -2.10. The van der Waals surface area contributed by atoms with Gasteiger partial charge in [-0.2, -0.15) is 5.10 Å². The van der Waals surface area contributed by atoms with E-state index < -0.39 is 17.1 Å². The molecule has 0 atom stereocenters. The Kier molecular flexibility index (Phi) is 3.78. The molecule has 3 rings (SSSR count). The van der Waals surface area contributed by atoms with Crippen molar-refractivity contribution in [3.8, 4) is 17.2 Å². The molecule has 7 nitrogen and oxygen atoms in total. The van der Waals surface area contributed by atoms with Crippen molar-refractivity contribution in [1.29, 1.82) is 0 Å². The Bertz CT molecular complexity index is 770. The van der Waals surface area contributed by atoms with Gasteiger partial charge >= 0.3 is 0 Å². The van der Waals surface area contributed by atoms with E-state index in [1.54, 1.807) is 18.2 Å². The van der Waals surface area contributed by atoms with Crippen LogP contribution in [0.1, 0.15) is 23.3 Å². The number of hydrogen-bond acceptors (Lipinski definition) is 5. The molecule has 1 aromatic heterocycles. The van der Waals surface area contributed by atoms with Gasteiger partial charge in [-0.1, -0.05) is 6.07 Å². The molecule has 0 spiro atoms. The molecule has 1 aromatic carbocycles. The van der Waals surface area contributed by atoms with Crippen LogP contribution in [0.3, 0.4) is 0 Å². The number of aromatic hydroxyl groups is 1. The predicted molar refractivity (Wildman–Crippen MR) is 78.6 cm³/mol. The summed E-state index contributed by atoms with van der Waals surface area (Å²) in [5.41, 5.74) is -0.525. The van der Waals surface area contributed by atoms with Crippen molar-refractivity contribution in [2.75, 3.05) is 13.2 Å². The highest BCUT2D eigenvalue weighted by atomic mass is 16.5. The molecule has 0 saturated heterocycles. The fraction of sp³-hybridized carbons (Fsp3) is 0.267. The fourth-order valence-electron chi connectivity index (χ4n) is 2.18. The van der Waals surface area contributed by atoms with Crippen LogP contribution in [0.15, 0.2) is 35.3 Å². The quantitative estimate of drug-likeness (QED) is 0.752. The Hall–Kier alpha value is -2.83. The van der Waals surface area contributed by atoms with Crippen LogP contribution >= 0.6 is 0 Å². The van der Waals surface area contributed by atoms with Crippen molar-refractivity contribution in [3.63, 3.8) is 0 Å². The zero-order valence-electron chi connectivity index (χ0n) is 11.8. The first-order valence-electron chi connectivity index (χ1n) is 6.99. The number of fused-ring (bicyclic) bond motifs is 5. The number of amides is 1. The van der Waals surface area contributed by atoms with Crippen molar-refractivity contribution in [2.24, 2.45) is 0 Å². The van der Waals surface area contributed by atoms with E-state index in [4.69, 9.17) is 4.74 Å². The maximum absolute atomic E-state index is 12.0. The van der Waals surface area contributed by atoms with Gasteiger partial charge in [0.05, 0.1) is 18.5 Å². The number of nitrogens with one attached hydrogen (secondary N) is 1. The number of hydrogen-bond donors (Lipinski definition) is 2. The van der Waals surface area contributed by atoms with Gasteiger partial charge in [0.15, 0.2) is 11.4 Å². The number of carbonyl (C=O) groups excluding carboxylic acids is 1. The molecule has 2 heterocycles. The van der Waals surface area contributed by atoms with Crippen molar-refractivity contribution < 1.29 is 14.6 Å². The van der Waals surface area contributed by atoms with E-state index in [0.29, 0.717) is 24.6 Å². The van der Waals surface area contributed by atoms with Gasteiger partial charge in [0, 0.05) is 12.6 Å². The third-order valence-electron chi connectivity index (χ3n) is 3.32. The van der Waals surface area contributed by atoms with E-state index in [2.05, 4.69) is 10.4 Å². The predicted octanol–water partition coefficient (Wildman–Crippen LogP) is 0.840. The third kappa shape index (κ3) is 2.78. The molecule has 1 aliphatic rings. The molecule has 114 valence electrons. The smallest absolute Gasteiger partial charge is 0.275 e. The summed E-state index contributed by atoms with van der Waals surface area (Å²) in [7, 11) is 0. The Morgan fingerprint density at radius 1 is 1.27 bits per heavy atom. The van der Waals surface area contributed by atoms with Crippen LogP contribution in [0.2, 0.25) is 0 Å². The molecule has 0 radical (unpaired) electrons. The van der Waals surface area contributed by atoms with Gasteiger partial charge in [-0.15, -0.1) is 0 Å². The second kappa shape index (κ2) is 5.88. The minimum Gasteiger partial charge on any atom is -0.503 e. The molecule has 22 heavy (non-hydrogen) atoms. The average Bonchev–Trinajstić information content (AvgIpc) is 2.53. The van der Waals surface area contributed by atoms with Gasteiger partial charge in [-0.25, -0.2) is 4.68 Å². The van der Waals surface area contributed by atoms with Gasteiger partial charge in [-0.3, -0.25) is 9.59 Å². The second-order valence-electron chi connectivity index (χ2n) is 4.95. The fourth-order valence-corrected chi connectivity index (χ4v) is 2.18. The number of nitrogens with zero attached hydrogens (tertiary/aromatic N) is 2. The van der Waals surface area contributed by atoms with E-state index in [0.717, 1.165) is 12.8 Å². The summed E-state index contributed by atoms with van der Waals surface area (Å²) in [5, 5.41) is 16.4. The minimum atomic E-state index is -0.781. The zero-order valence-corrected chi connectivity index (χ0v) is 11.8. The van der Waals surface area contributed by atoms with E-state index in [1.807, 2.05) is 6.07 Å². The molecule has 4 bridgehead atoms. The van der Waals surface area contributed by atoms with Gasteiger partial charge in [0.25, 0.3) is 11.3 Å². The molecule has 0 saturated carbocycles. The van der Waals surface area contributed by atoms with Crippen molar-refractivity contribution >= 4 is 5.91 Å². The van der Waals surface area contributed by atoms with Gasteiger partial charge in [0.1, 0.15) is 5.75 Å². The number of rotatable bonds is 0. The maximum Gasteiger partial charge on any atom is 0.275 e. The molecular formula is C15H15N3O4. The first kappa shape index (κ1) is 14.1. The standard InChI is InChI=1S/C15H15N3O4/c19-12-9-18-10-4-3-5-11(8-10)22-7-2-1-6-16-15(21)13(17-18)14(12)20/h3-5,8-9,19H,1-2,6-7H2,(H,16,21). The third-order valence-corrected chi connectivity index (χ3v) is 3.32. The Balaban J connectivity index is 2.14. The van der Waals surface area contributed by atoms with Gasteiger partial charge in [0.2, 0.25) is 0 Å².